The molecule has 6 aromatic rings. The van der Waals surface area contributed by atoms with Gasteiger partial charge in [-0.1, -0.05) is 60.7 Å². The minimum absolute atomic E-state index is 0.0550. The van der Waals surface area contributed by atoms with Crippen molar-refractivity contribution in [1.82, 2.24) is 29.9 Å². The average Bonchev–Trinajstić information content (AvgIpc) is 3.59. The number of anilines is 1. The predicted octanol–water partition coefficient (Wildman–Crippen LogP) is 3.98. The van der Waals surface area contributed by atoms with Gasteiger partial charge < -0.3 is 14.9 Å². The Labute approximate surface area is 211 Å². The van der Waals surface area contributed by atoms with Crippen molar-refractivity contribution in [3.63, 3.8) is 0 Å². The van der Waals surface area contributed by atoms with E-state index in [1.807, 2.05) is 67.7 Å². The Kier molecular flexibility index (Phi) is 5.45. The summed E-state index contributed by atoms with van der Waals surface area (Å²) in [7, 11) is 2.02. The number of amides is 1. The second-order valence-corrected chi connectivity index (χ2v) is 8.51. The number of imidazole rings is 1. The second kappa shape index (κ2) is 9.08. The maximum absolute atomic E-state index is 13.0. The van der Waals surface area contributed by atoms with Crippen LogP contribution in [0.1, 0.15) is 5.56 Å². The van der Waals surface area contributed by atoms with Gasteiger partial charge in [-0.3, -0.25) is 4.79 Å². The van der Waals surface area contributed by atoms with E-state index in [2.05, 4.69) is 48.6 Å². The Bertz CT molecular complexity index is 1780. The number of carbonyl (C=O) groups is 1. The Morgan fingerprint density at radius 2 is 1.73 bits per heavy atom. The summed E-state index contributed by atoms with van der Waals surface area (Å²) in [6.45, 7) is -0.0550. The van der Waals surface area contributed by atoms with Gasteiger partial charge in [-0.2, -0.15) is 5.10 Å². The van der Waals surface area contributed by atoms with Crippen molar-refractivity contribution in [3.05, 3.63) is 84.4 Å². The molecule has 3 aromatic carbocycles. The Hall–Kier alpha value is -5.25. The zero-order valence-electron chi connectivity index (χ0n) is 19.9. The molecular formula is C27H22N8O2. The summed E-state index contributed by atoms with van der Waals surface area (Å²) in [5, 5.41) is 12.9. The van der Waals surface area contributed by atoms with Gasteiger partial charge in [0, 0.05) is 23.5 Å². The third-order valence-electron chi connectivity index (χ3n) is 6.26. The first-order chi connectivity index (χ1) is 18.1. The van der Waals surface area contributed by atoms with Crippen LogP contribution in [0, 0.1) is 0 Å². The van der Waals surface area contributed by atoms with E-state index in [0.717, 1.165) is 33.2 Å². The molecule has 0 bridgehead atoms. The molecule has 1 amide bonds. The molecule has 0 radical (unpaired) electrons. The van der Waals surface area contributed by atoms with Gasteiger partial charge in [0.2, 0.25) is 0 Å². The van der Waals surface area contributed by atoms with Gasteiger partial charge in [-0.25, -0.2) is 15.0 Å². The van der Waals surface area contributed by atoms with E-state index in [1.54, 1.807) is 10.8 Å². The van der Waals surface area contributed by atoms with Gasteiger partial charge in [-0.05, 0) is 34.1 Å². The summed E-state index contributed by atoms with van der Waals surface area (Å²) in [5.74, 6) is 0.149. The summed E-state index contributed by atoms with van der Waals surface area (Å²) in [6, 6.07) is 25.7. The van der Waals surface area contributed by atoms with Crippen molar-refractivity contribution in [2.75, 3.05) is 5.73 Å². The van der Waals surface area contributed by atoms with Crippen LogP contribution in [0.25, 0.3) is 44.7 Å². The largest absolute Gasteiger partial charge is 0.379 e. The van der Waals surface area contributed by atoms with E-state index < -0.39 is 0 Å². The van der Waals surface area contributed by atoms with E-state index in [0.29, 0.717) is 11.3 Å². The number of para-hydroxylation sites is 3. The minimum Gasteiger partial charge on any atom is -0.379 e. The SMILES string of the molecule is Cn1c(-c2ccccc2)c(/C=N\NC(=O)Cn2c(-c3nonc3N)nc3ccccc32)c2ccccc21. The molecule has 10 nitrogen and oxygen atoms in total. The fourth-order valence-corrected chi connectivity index (χ4v) is 4.61. The Morgan fingerprint density at radius 3 is 2.51 bits per heavy atom. The topological polar surface area (TPSA) is 129 Å². The zero-order valence-corrected chi connectivity index (χ0v) is 19.9. The lowest BCUT2D eigenvalue weighted by atomic mass is 10.1. The highest BCUT2D eigenvalue weighted by Crippen LogP contribution is 2.32. The van der Waals surface area contributed by atoms with Crippen molar-refractivity contribution in [2.24, 2.45) is 12.1 Å². The first-order valence-corrected chi connectivity index (χ1v) is 11.6. The van der Waals surface area contributed by atoms with Gasteiger partial charge in [0.1, 0.15) is 6.54 Å². The fraction of sp³-hybridized carbons (Fsp3) is 0.0741. The number of hydrogen-bond acceptors (Lipinski definition) is 7. The van der Waals surface area contributed by atoms with Crippen LogP contribution in [0.3, 0.4) is 0 Å². The van der Waals surface area contributed by atoms with Gasteiger partial charge in [0.05, 0.1) is 22.9 Å². The number of nitrogens with zero attached hydrogens (tertiary/aromatic N) is 6. The molecule has 0 aliphatic carbocycles. The number of aromatic nitrogens is 5. The molecule has 0 unspecified atom stereocenters. The van der Waals surface area contributed by atoms with E-state index >= 15 is 0 Å². The van der Waals surface area contributed by atoms with Crippen LogP contribution in [0.5, 0.6) is 0 Å². The smallest absolute Gasteiger partial charge is 0.260 e. The van der Waals surface area contributed by atoms with Crippen molar-refractivity contribution < 1.29 is 9.42 Å². The normalized spacial score (nSPS) is 11.6. The molecule has 0 fully saturated rings. The van der Waals surface area contributed by atoms with Crippen molar-refractivity contribution in [3.8, 4) is 22.8 Å². The molecule has 6 rings (SSSR count). The quantitative estimate of drug-likeness (QED) is 0.268. The highest BCUT2D eigenvalue weighted by molar-refractivity contribution is 6.06. The van der Waals surface area contributed by atoms with E-state index in [-0.39, 0.29) is 24.0 Å². The predicted molar refractivity (Wildman–Crippen MR) is 142 cm³/mol. The number of nitrogen functional groups attached to an aromatic ring is 1. The molecule has 0 saturated heterocycles. The number of rotatable bonds is 6. The molecule has 0 aliphatic heterocycles. The molecule has 37 heavy (non-hydrogen) atoms. The second-order valence-electron chi connectivity index (χ2n) is 8.51. The Balaban J connectivity index is 1.32. The molecular weight excluding hydrogens is 468 g/mol. The molecule has 10 heteroatoms. The van der Waals surface area contributed by atoms with Crippen LogP contribution >= 0.6 is 0 Å². The van der Waals surface area contributed by atoms with Crippen molar-refractivity contribution >= 4 is 39.9 Å². The summed E-state index contributed by atoms with van der Waals surface area (Å²) < 4.78 is 8.59. The van der Waals surface area contributed by atoms with Crippen LogP contribution in [0.15, 0.2) is 88.6 Å². The summed E-state index contributed by atoms with van der Waals surface area (Å²) in [4.78, 5) is 17.6. The zero-order chi connectivity index (χ0) is 25.4. The van der Waals surface area contributed by atoms with E-state index in [4.69, 9.17) is 10.4 Å². The van der Waals surface area contributed by atoms with Gasteiger partial charge in [0.15, 0.2) is 17.3 Å². The number of hydrazone groups is 1. The summed E-state index contributed by atoms with van der Waals surface area (Å²) in [5.41, 5.74) is 14.3. The molecule has 0 spiro atoms. The maximum Gasteiger partial charge on any atom is 0.260 e. The first kappa shape index (κ1) is 22.2. The lowest BCUT2D eigenvalue weighted by Crippen LogP contribution is -2.23. The Morgan fingerprint density at radius 1 is 1.00 bits per heavy atom. The van der Waals surface area contributed by atoms with Crippen molar-refractivity contribution in [2.45, 2.75) is 6.54 Å². The number of benzene rings is 3. The molecule has 3 N–H and O–H groups in total. The summed E-state index contributed by atoms with van der Waals surface area (Å²) >= 11 is 0. The number of aryl methyl sites for hydroxylation is 1. The lowest BCUT2D eigenvalue weighted by molar-refractivity contribution is -0.121. The minimum atomic E-state index is -0.336. The van der Waals surface area contributed by atoms with Crippen LogP contribution in [-0.2, 0) is 18.4 Å². The van der Waals surface area contributed by atoms with Gasteiger partial charge >= 0.3 is 0 Å². The van der Waals surface area contributed by atoms with E-state index in [9.17, 15) is 4.79 Å². The standard InChI is InChI=1S/C27H22N8O2/c1-34-21-13-7-5-11-18(21)19(25(34)17-9-3-2-4-10-17)15-29-31-23(36)16-35-22-14-8-6-12-20(22)30-27(35)24-26(28)33-37-32-24/h2-15H,16H2,1H3,(H2,28,33)(H,31,36)/b29-15-. The lowest BCUT2D eigenvalue weighted by Gasteiger charge is -2.07. The third kappa shape index (κ3) is 3.90. The summed E-state index contributed by atoms with van der Waals surface area (Å²) in [6.07, 6.45) is 1.69. The van der Waals surface area contributed by atoms with Crippen LogP contribution in [0.4, 0.5) is 5.82 Å². The van der Waals surface area contributed by atoms with Gasteiger partial charge in [0.25, 0.3) is 5.91 Å². The number of carbonyl (C=O) groups excluding carboxylic acids is 1. The number of nitrogens with two attached hydrogens (primary N) is 1. The molecule has 0 atom stereocenters. The fourth-order valence-electron chi connectivity index (χ4n) is 4.61. The highest BCUT2D eigenvalue weighted by Gasteiger charge is 2.21. The molecule has 3 heterocycles. The van der Waals surface area contributed by atoms with Gasteiger partial charge in [-0.15, -0.1) is 0 Å². The van der Waals surface area contributed by atoms with Crippen LogP contribution in [-0.4, -0.2) is 36.6 Å². The van der Waals surface area contributed by atoms with E-state index in [1.165, 1.54) is 0 Å². The highest BCUT2D eigenvalue weighted by atomic mass is 16.6. The molecule has 182 valence electrons. The first-order valence-electron chi connectivity index (χ1n) is 11.6. The molecule has 0 saturated carbocycles. The molecule has 0 aliphatic rings. The van der Waals surface area contributed by atoms with Crippen molar-refractivity contribution in [1.29, 1.82) is 0 Å². The van der Waals surface area contributed by atoms with Crippen LogP contribution in [0.2, 0.25) is 0 Å². The monoisotopic (exact) mass is 490 g/mol. The number of hydrogen-bond donors (Lipinski definition) is 2. The van der Waals surface area contributed by atoms with Crippen LogP contribution < -0.4 is 11.2 Å². The maximum atomic E-state index is 13.0. The number of fused-ring (bicyclic) bond motifs is 2. The molecule has 3 aromatic heterocycles. The average molecular weight is 491 g/mol. The third-order valence-corrected chi connectivity index (χ3v) is 6.26. The number of nitrogens with one attached hydrogen (secondary N) is 1.